The molecule has 3 rings (SSSR count). The zero-order valence-electron chi connectivity index (χ0n) is 12.4. The summed E-state index contributed by atoms with van der Waals surface area (Å²) in [4.78, 5) is 15.9. The fraction of sp³-hybridized carbons (Fsp3) is 0.688. The van der Waals surface area contributed by atoms with Crippen molar-refractivity contribution >= 4 is 5.97 Å². The molecular formula is C16H22N2O3. The summed E-state index contributed by atoms with van der Waals surface area (Å²) < 4.78 is 5.41. The van der Waals surface area contributed by atoms with Gasteiger partial charge in [-0.25, -0.2) is 0 Å². The van der Waals surface area contributed by atoms with Gasteiger partial charge in [-0.3, -0.25) is 4.79 Å². The lowest BCUT2D eigenvalue weighted by atomic mass is 9.82. The summed E-state index contributed by atoms with van der Waals surface area (Å²) in [5, 5.41) is 13.5. The first-order valence-electron chi connectivity index (χ1n) is 7.86. The maximum Gasteiger partial charge on any atom is 0.307 e. The van der Waals surface area contributed by atoms with Crippen molar-refractivity contribution < 1.29 is 14.4 Å². The van der Waals surface area contributed by atoms with E-state index in [2.05, 4.69) is 17.1 Å². The second kappa shape index (κ2) is 6.00. The molecule has 1 aromatic heterocycles. The van der Waals surface area contributed by atoms with E-state index in [9.17, 15) is 9.90 Å². The van der Waals surface area contributed by atoms with Gasteiger partial charge < -0.3 is 9.63 Å². The highest BCUT2D eigenvalue weighted by atomic mass is 16.5. The highest BCUT2D eigenvalue weighted by Gasteiger charge is 2.34. The molecule has 114 valence electrons. The van der Waals surface area contributed by atoms with Crippen molar-refractivity contribution in [2.75, 3.05) is 0 Å². The Morgan fingerprint density at radius 3 is 2.67 bits per heavy atom. The van der Waals surface area contributed by atoms with Gasteiger partial charge in [0.25, 0.3) is 0 Å². The lowest BCUT2D eigenvalue weighted by Gasteiger charge is -2.23. The van der Waals surface area contributed by atoms with E-state index in [-0.39, 0.29) is 5.92 Å². The molecule has 2 atom stereocenters. The summed E-state index contributed by atoms with van der Waals surface area (Å²) in [6.07, 6.45) is 9.77. The molecule has 1 fully saturated rings. The van der Waals surface area contributed by atoms with Crippen LogP contribution in [0.5, 0.6) is 0 Å². The number of hydrogen-bond donors (Lipinski definition) is 1. The fourth-order valence-corrected chi connectivity index (χ4v) is 3.44. The molecule has 2 aliphatic rings. The van der Waals surface area contributed by atoms with Crippen molar-refractivity contribution in [2.45, 2.75) is 57.3 Å². The van der Waals surface area contributed by atoms with Gasteiger partial charge in [-0.2, -0.15) is 4.98 Å². The average molecular weight is 290 g/mol. The Morgan fingerprint density at radius 2 is 1.95 bits per heavy atom. The van der Waals surface area contributed by atoms with Crippen LogP contribution in [0.15, 0.2) is 16.7 Å². The van der Waals surface area contributed by atoms with Gasteiger partial charge in [0, 0.05) is 5.92 Å². The van der Waals surface area contributed by atoms with Crippen LogP contribution in [0, 0.1) is 11.8 Å². The molecule has 21 heavy (non-hydrogen) atoms. The number of aliphatic carboxylic acids is 1. The molecule has 0 spiro atoms. The Labute approximate surface area is 124 Å². The number of carboxylic acid groups (broad SMARTS) is 1. The molecule has 1 aromatic rings. The monoisotopic (exact) mass is 290 g/mol. The number of carbonyl (C=O) groups is 1. The summed E-state index contributed by atoms with van der Waals surface area (Å²) in [5.74, 6) is 1.02. The van der Waals surface area contributed by atoms with Crippen LogP contribution < -0.4 is 0 Å². The maximum atomic E-state index is 11.4. The zero-order valence-corrected chi connectivity index (χ0v) is 12.4. The van der Waals surface area contributed by atoms with Crippen LogP contribution in [0.2, 0.25) is 0 Å². The molecule has 0 bridgehead atoms. The van der Waals surface area contributed by atoms with Crippen molar-refractivity contribution in [3.8, 4) is 0 Å². The quantitative estimate of drug-likeness (QED) is 0.862. The number of aromatic nitrogens is 2. The van der Waals surface area contributed by atoms with Gasteiger partial charge in [0.15, 0.2) is 5.82 Å². The number of rotatable bonds is 3. The van der Waals surface area contributed by atoms with Crippen LogP contribution in [0.3, 0.4) is 0 Å². The first-order chi connectivity index (χ1) is 10.1. The van der Waals surface area contributed by atoms with Crippen LogP contribution in [0.4, 0.5) is 0 Å². The van der Waals surface area contributed by atoms with E-state index >= 15 is 0 Å². The third-order valence-electron chi connectivity index (χ3n) is 4.91. The van der Waals surface area contributed by atoms with Gasteiger partial charge >= 0.3 is 5.97 Å². The second-order valence-corrected chi connectivity index (χ2v) is 6.44. The molecule has 0 aliphatic heterocycles. The van der Waals surface area contributed by atoms with Gasteiger partial charge in [0.1, 0.15) is 0 Å². The predicted molar refractivity (Wildman–Crippen MR) is 76.9 cm³/mol. The molecular weight excluding hydrogens is 268 g/mol. The van der Waals surface area contributed by atoms with E-state index in [1.54, 1.807) is 0 Å². The molecule has 0 saturated heterocycles. The van der Waals surface area contributed by atoms with Crippen molar-refractivity contribution in [3.05, 3.63) is 23.9 Å². The minimum absolute atomic E-state index is 0.184. The third kappa shape index (κ3) is 3.01. The van der Waals surface area contributed by atoms with Crippen LogP contribution in [0.25, 0.3) is 0 Å². The van der Waals surface area contributed by atoms with E-state index in [4.69, 9.17) is 4.52 Å². The Hall–Kier alpha value is -1.65. The topological polar surface area (TPSA) is 76.2 Å². The number of nitrogens with zero attached hydrogens (tertiary/aromatic N) is 2. The van der Waals surface area contributed by atoms with E-state index < -0.39 is 11.9 Å². The Balaban J connectivity index is 1.75. The van der Waals surface area contributed by atoms with E-state index in [0.717, 1.165) is 24.6 Å². The number of allylic oxidation sites excluding steroid dienone is 2. The lowest BCUT2D eigenvalue weighted by molar-refractivity contribution is -0.142. The maximum absolute atomic E-state index is 11.4. The van der Waals surface area contributed by atoms with Gasteiger partial charge in [-0.1, -0.05) is 37.1 Å². The van der Waals surface area contributed by atoms with Crippen molar-refractivity contribution in [2.24, 2.45) is 11.8 Å². The standard InChI is InChI=1S/C16H22N2O3/c1-10-6-8-11(9-7-10)14-17-15(21-18-14)12-4-2-3-5-13(12)16(19)20/h2-3,10-13H,4-9H2,1H3,(H,19,20)/t10?,11?,12-,13+/m1/s1. The van der Waals surface area contributed by atoms with Crippen molar-refractivity contribution in [1.82, 2.24) is 10.1 Å². The molecule has 0 radical (unpaired) electrons. The second-order valence-electron chi connectivity index (χ2n) is 6.44. The summed E-state index contributed by atoms with van der Waals surface area (Å²) >= 11 is 0. The van der Waals surface area contributed by atoms with Crippen LogP contribution >= 0.6 is 0 Å². The molecule has 1 saturated carbocycles. The predicted octanol–water partition coefficient (Wildman–Crippen LogP) is 3.50. The molecule has 1 heterocycles. The Kier molecular flexibility index (Phi) is 4.08. The number of carboxylic acids is 1. The van der Waals surface area contributed by atoms with Crippen molar-refractivity contribution in [1.29, 1.82) is 0 Å². The molecule has 5 nitrogen and oxygen atoms in total. The Bertz CT molecular complexity index is 529. The summed E-state index contributed by atoms with van der Waals surface area (Å²) in [7, 11) is 0. The normalized spacial score (nSPS) is 33.0. The van der Waals surface area contributed by atoms with Crippen LogP contribution in [-0.2, 0) is 4.79 Å². The summed E-state index contributed by atoms with van der Waals surface area (Å²) in [6.45, 7) is 2.28. The minimum atomic E-state index is -0.782. The zero-order chi connectivity index (χ0) is 14.8. The first-order valence-corrected chi connectivity index (χ1v) is 7.86. The van der Waals surface area contributed by atoms with Crippen molar-refractivity contribution in [3.63, 3.8) is 0 Å². The SMILES string of the molecule is CC1CCC(c2noc([C@@H]3CC=CC[C@@H]3C(=O)O)n2)CC1. The molecule has 0 amide bonds. The van der Waals surface area contributed by atoms with Gasteiger partial charge in [-0.15, -0.1) is 0 Å². The Morgan fingerprint density at radius 1 is 1.24 bits per heavy atom. The fourth-order valence-electron chi connectivity index (χ4n) is 3.44. The van der Waals surface area contributed by atoms with E-state index in [1.165, 1.54) is 12.8 Å². The molecule has 0 unspecified atom stereocenters. The van der Waals surface area contributed by atoms with E-state index in [1.807, 2.05) is 12.2 Å². The molecule has 2 aliphatic carbocycles. The molecule has 0 aromatic carbocycles. The summed E-state index contributed by atoms with van der Waals surface area (Å²) in [6, 6.07) is 0. The highest BCUT2D eigenvalue weighted by molar-refractivity contribution is 5.71. The van der Waals surface area contributed by atoms with Gasteiger partial charge in [0.2, 0.25) is 5.89 Å². The average Bonchev–Trinajstić information content (AvgIpc) is 2.97. The largest absolute Gasteiger partial charge is 0.481 e. The highest BCUT2D eigenvalue weighted by Crippen LogP contribution is 2.37. The summed E-state index contributed by atoms with van der Waals surface area (Å²) in [5.41, 5.74) is 0. The number of hydrogen-bond acceptors (Lipinski definition) is 4. The molecule has 5 heteroatoms. The minimum Gasteiger partial charge on any atom is -0.481 e. The van der Waals surface area contributed by atoms with Gasteiger partial charge in [-0.05, 0) is 31.6 Å². The smallest absolute Gasteiger partial charge is 0.307 e. The van der Waals surface area contributed by atoms with Gasteiger partial charge in [0.05, 0.1) is 11.8 Å². The molecule has 1 N–H and O–H groups in total. The third-order valence-corrected chi connectivity index (χ3v) is 4.91. The van der Waals surface area contributed by atoms with Crippen LogP contribution in [0.1, 0.15) is 69.0 Å². The lowest BCUT2D eigenvalue weighted by Crippen LogP contribution is -2.23. The first kappa shape index (κ1) is 14.3. The van der Waals surface area contributed by atoms with Crippen LogP contribution in [-0.4, -0.2) is 21.2 Å². The van der Waals surface area contributed by atoms with E-state index in [0.29, 0.717) is 24.7 Å².